The molecule has 0 radical (unpaired) electrons. The zero-order valence-electron chi connectivity index (χ0n) is 15.6. The Morgan fingerprint density at radius 2 is 1.93 bits per heavy atom. The van der Waals surface area contributed by atoms with Gasteiger partial charge in [0.15, 0.2) is 0 Å². The number of nitrogens with zero attached hydrogens (tertiary/aromatic N) is 1. The third-order valence-electron chi connectivity index (χ3n) is 5.17. The SMILES string of the molecule is COC1COC2(CCN(Cc3ccccc3C)CC2)C1.O=C(O)C(F)(F)F. The molecule has 0 aliphatic carbocycles. The van der Waals surface area contributed by atoms with E-state index in [1.807, 2.05) is 0 Å². The standard InChI is InChI=1S/C17H25NO2.C2HF3O2/c1-14-5-3-4-6-15(14)12-18-9-7-17(8-10-18)11-16(19-2)13-20-17;3-2(4,5)1(6)7/h3-6,16H,7-13H2,1-2H3;(H,6,7). The molecular weight excluding hydrogens is 363 g/mol. The number of carboxylic acid groups (broad SMARTS) is 1. The molecule has 8 heteroatoms. The number of alkyl halides is 3. The molecule has 5 nitrogen and oxygen atoms in total. The van der Waals surface area contributed by atoms with Crippen LogP contribution in [0.1, 0.15) is 30.4 Å². The van der Waals surface area contributed by atoms with Crippen LogP contribution < -0.4 is 0 Å². The number of likely N-dealkylation sites (tertiary alicyclic amines) is 1. The Morgan fingerprint density at radius 1 is 1.33 bits per heavy atom. The van der Waals surface area contributed by atoms with Crippen LogP contribution in [0.4, 0.5) is 13.2 Å². The molecular formula is C19H26F3NO4. The smallest absolute Gasteiger partial charge is 0.475 e. The third-order valence-corrected chi connectivity index (χ3v) is 5.17. The fourth-order valence-corrected chi connectivity index (χ4v) is 3.45. The summed E-state index contributed by atoms with van der Waals surface area (Å²) in [6.45, 7) is 6.30. The Hall–Kier alpha value is -1.64. The van der Waals surface area contributed by atoms with Gasteiger partial charge in [-0.2, -0.15) is 13.2 Å². The Kier molecular flexibility index (Phi) is 7.25. The number of piperidine rings is 1. The first-order chi connectivity index (χ1) is 12.6. The fraction of sp³-hybridized carbons (Fsp3) is 0.632. The quantitative estimate of drug-likeness (QED) is 0.859. The normalized spacial score (nSPS) is 22.3. The summed E-state index contributed by atoms with van der Waals surface area (Å²) in [7, 11) is 1.79. The lowest BCUT2D eigenvalue weighted by Crippen LogP contribution is -2.44. The van der Waals surface area contributed by atoms with E-state index in [4.69, 9.17) is 19.4 Å². The van der Waals surface area contributed by atoms with Gasteiger partial charge in [-0.3, -0.25) is 4.90 Å². The highest BCUT2D eigenvalue weighted by Crippen LogP contribution is 2.37. The molecule has 1 spiro atoms. The van der Waals surface area contributed by atoms with Crippen LogP contribution in [0.25, 0.3) is 0 Å². The summed E-state index contributed by atoms with van der Waals surface area (Å²) in [5.74, 6) is -2.76. The van der Waals surface area contributed by atoms with Crippen LogP contribution in [0.15, 0.2) is 24.3 Å². The number of hydrogen-bond donors (Lipinski definition) is 1. The van der Waals surface area contributed by atoms with Crippen LogP contribution in [0.3, 0.4) is 0 Å². The topological polar surface area (TPSA) is 59.0 Å². The summed E-state index contributed by atoms with van der Waals surface area (Å²) in [5.41, 5.74) is 2.94. The average Bonchev–Trinajstić information content (AvgIpc) is 3.02. The predicted octanol–water partition coefficient (Wildman–Crippen LogP) is 3.40. The second-order valence-electron chi connectivity index (χ2n) is 7.06. The van der Waals surface area contributed by atoms with E-state index in [0.29, 0.717) is 6.10 Å². The minimum atomic E-state index is -5.08. The van der Waals surface area contributed by atoms with E-state index in [0.717, 1.165) is 45.5 Å². The molecule has 1 N–H and O–H groups in total. The third kappa shape index (κ3) is 6.19. The van der Waals surface area contributed by atoms with Crippen LogP contribution in [-0.4, -0.2) is 60.7 Å². The van der Waals surface area contributed by atoms with E-state index < -0.39 is 12.1 Å². The van der Waals surface area contributed by atoms with E-state index in [1.54, 1.807) is 7.11 Å². The summed E-state index contributed by atoms with van der Waals surface area (Å²) in [5, 5.41) is 7.12. The van der Waals surface area contributed by atoms with Crippen molar-refractivity contribution in [2.75, 3.05) is 26.8 Å². The van der Waals surface area contributed by atoms with Crippen molar-refractivity contribution in [2.45, 2.75) is 50.6 Å². The number of aliphatic carboxylic acids is 1. The largest absolute Gasteiger partial charge is 0.490 e. The highest BCUT2D eigenvalue weighted by Gasteiger charge is 2.42. The maximum atomic E-state index is 10.6. The van der Waals surface area contributed by atoms with Crippen LogP contribution in [-0.2, 0) is 20.8 Å². The van der Waals surface area contributed by atoms with Crippen LogP contribution in [0.2, 0.25) is 0 Å². The van der Waals surface area contributed by atoms with Gasteiger partial charge in [0.05, 0.1) is 18.3 Å². The van der Waals surface area contributed by atoms with Crippen molar-refractivity contribution in [3.05, 3.63) is 35.4 Å². The second-order valence-corrected chi connectivity index (χ2v) is 7.06. The van der Waals surface area contributed by atoms with Crippen molar-refractivity contribution in [2.24, 2.45) is 0 Å². The molecule has 27 heavy (non-hydrogen) atoms. The molecule has 1 unspecified atom stereocenters. The highest BCUT2D eigenvalue weighted by atomic mass is 19.4. The second kappa shape index (κ2) is 9.03. The van der Waals surface area contributed by atoms with Crippen molar-refractivity contribution in [1.29, 1.82) is 0 Å². The Bertz CT molecular complexity index is 628. The highest BCUT2D eigenvalue weighted by molar-refractivity contribution is 5.73. The monoisotopic (exact) mass is 389 g/mol. The molecule has 1 aromatic carbocycles. The van der Waals surface area contributed by atoms with Crippen molar-refractivity contribution >= 4 is 5.97 Å². The van der Waals surface area contributed by atoms with E-state index >= 15 is 0 Å². The molecule has 152 valence electrons. The van der Waals surface area contributed by atoms with E-state index in [9.17, 15) is 13.2 Å². The predicted molar refractivity (Wildman–Crippen MR) is 93.5 cm³/mol. The van der Waals surface area contributed by atoms with Gasteiger partial charge in [0, 0.05) is 33.2 Å². The Balaban J connectivity index is 0.000000321. The Morgan fingerprint density at radius 3 is 2.41 bits per heavy atom. The molecule has 3 rings (SSSR count). The van der Waals surface area contributed by atoms with Crippen molar-refractivity contribution < 1.29 is 32.5 Å². The van der Waals surface area contributed by atoms with Gasteiger partial charge < -0.3 is 14.6 Å². The Labute approximate surface area is 157 Å². The fourth-order valence-electron chi connectivity index (χ4n) is 3.45. The summed E-state index contributed by atoms with van der Waals surface area (Å²) < 4.78 is 43.2. The van der Waals surface area contributed by atoms with E-state index in [-0.39, 0.29) is 5.60 Å². The molecule has 2 aliphatic heterocycles. The number of carboxylic acids is 1. The number of halogens is 3. The maximum absolute atomic E-state index is 10.6. The van der Waals surface area contributed by atoms with Gasteiger partial charge in [0.1, 0.15) is 0 Å². The minimum absolute atomic E-state index is 0.100. The zero-order chi connectivity index (χ0) is 20.1. The van der Waals surface area contributed by atoms with Crippen LogP contribution in [0.5, 0.6) is 0 Å². The summed E-state index contributed by atoms with van der Waals surface area (Å²) >= 11 is 0. The van der Waals surface area contributed by atoms with Gasteiger partial charge in [-0.15, -0.1) is 0 Å². The number of hydrogen-bond acceptors (Lipinski definition) is 4. The molecule has 1 atom stereocenters. The van der Waals surface area contributed by atoms with Crippen molar-refractivity contribution in [3.63, 3.8) is 0 Å². The first kappa shape index (κ1) is 21.7. The van der Waals surface area contributed by atoms with E-state index in [1.165, 1.54) is 11.1 Å². The minimum Gasteiger partial charge on any atom is -0.475 e. The lowest BCUT2D eigenvalue weighted by Gasteiger charge is -2.38. The van der Waals surface area contributed by atoms with Crippen LogP contribution >= 0.6 is 0 Å². The molecule has 2 saturated heterocycles. The number of rotatable bonds is 3. The van der Waals surface area contributed by atoms with Gasteiger partial charge in [-0.05, 0) is 30.9 Å². The summed E-state index contributed by atoms with van der Waals surface area (Å²) in [4.78, 5) is 11.4. The molecule has 0 amide bonds. The number of ether oxygens (including phenoxy) is 2. The lowest BCUT2D eigenvalue weighted by molar-refractivity contribution is -0.192. The maximum Gasteiger partial charge on any atom is 0.490 e. The molecule has 2 aliphatic rings. The number of carbonyl (C=O) groups is 1. The molecule has 2 fully saturated rings. The van der Waals surface area contributed by atoms with E-state index in [2.05, 4.69) is 36.1 Å². The molecule has 2 heterocycles. The first-order valence-electron chi connectivity index (χ1n) is 8.89. The molecule has 0 aromatic heterocycles. The average molecular weight is 389 g/mol. The lowest BCUT2D eigenvalue weighted by atomic mass is 9.87. The van der Waals surface area contributed by atoms with Crippen molar-refractivity contribution in [3.8, 4) is 0 Å². The number of methoxy groups -OCH3 is 1. The molecule has 1 aromatic rings. The molecule has 0 bridgehead atoms. The van der Waals surface area contributed by atoms with Crippen LogP contribution in [0, 0.1) is 6.92 Å². The first-order valence-corrected chi connectivity index (χ1v) is 8.89. The van der Waals surface area contributed by atoms with Gasteiger partial charge >= 0.3 is 12.1 Å². The van der Waals surface area contributed by atoms with Gasteiger partial charge in [0.25, 0.3) is 0 Å². The summed E-state index contributed by atoms with van der Waals surface area (Å²) in [6, 6.07) is 8.69. The van der Waals surface area contributed by atoms with Gasteiger partial charge in [-0.1, -0.05) is 24.3 Å². The number of aryl methyl sites for hydroxylation is 1. The zero-order valence-corrected chi connectivity index (χ0v) is 15.6. The number of benzene rings is 1. The van der Waals surface area contributed by atoms with Crippen molar-refractivity contribution in [1.82, 2.24) is 4.90 Å². The van der Waals surface area contributed by atoms with Gasteiger partial charge in [-0.25, -0.2) is 4.79 Å². The van der Waals surface area contributed by atoms with Gasteiger partial charge in [0.2, 0.25) is 0 Å². The summed E-state index contributed by atoms with van der Waals surface area (Å²) in [6.07, 6.45) is -1.43. The molecule has 0 saturated carbocycles.